The van der Waals surface area contributed by atoms with Gasteiger partial charge in [-0.05, 0) is 24.1 Å². The van der Waals surface area contributed by atoms with Crippen LogP contribution in [0.4, 0.5) is 5.69 Å². The molecule has 0 aliphatic carbocycles. The molecule has 8 nitrogen and oxygen atoms in total. The highest BCUT2D eigenvalue weighted by molar-refractivity contribution is 5.92. The minimum absolute atomic E-state index is 0.0945. The molecule has 1 aromatic heterocycles. The number of benzene rings is 2. The maximum atomic E-state index is 12.5. The van der Waals surface area contributed by atoms with Crippen molar-refractivity contribution in [2.24, 2.45) is 0 Å². The average molecular weight is 411 g/mol. The zero-order valence-corrected chi connectivity index (χ0v) is 17.7. The van der Waals surface area contributed by atoms with Gasteiger partial charge >= 0.3 is 0 Å². The van der Waals surface area contributed by atoms with Crippen molar-refractivity contribution in [2.45, 2.75) is 19.9 Å². The number of aryl methyl sites for hydroxylation is 1. The Kier molecular flexibility index (Phi) is 6.68. The number of likely N-dealkylation sites (N-methyl/N-ethyl adjacent to an activating group) is 1. The molecule has 0 spiro atoms. The number of quaternary nitrogens is 1. The smallest absolute Gasteiger partial charge is 0.279 e. The van der Waals surface area contributed by atoms with Gasteiger partial charge in [-0.25, -0.2) is 4.98 Å². The number of nitrogens with zero attached hydrogens (tertiary/aromatic N) is 1. The second-order valence-electron chi connectivity index (χ2n) is 7.11. The first-order valence-electron chi connectivity index (χ1n) is 9.79. The lowest BCUT2D eigenvalue weighted by molar-refractivity contribution is -0.885. The molecule has 0 radical (unpaired) electrons. The number of para-hydroxylation sites is 1. The average Bonchev–Trinajstić information content (AvgIpc) is 2.73. The molecule has 1 unspecified atom stereocenters. The number of anilines is 1. The van der Waals surface area contributed by atoms with Crippen molar-refractivity contribution < 1.29 is 19.2 Å². The van der Waals surface area contributed by atoms with Crippen molar-refractivity contribution in [1.82, 2.24) is 9.97 Å². The Labute approximate surface area is 174 Å². The third kappa shape index (κ3) is 4.77. The van der Waals surface area contributed by atoms with Gasteiger partial charge in [0.1, 0.15) is 6.54 Å². The molecule has 2 aromatic carbocycles. The third-order valence-corrected chi connectivity index (χ3v) is 4.86. The predicted octanol–water partition coefficient (Wildman–Crippen LogP) is 1.16. The van der Waals surface area contributed by atoms with Crippen LogP contribution in [0.2, 0.25) is 0 Å². The van der Waals surface area contributed by atoms with Gasteiger partial charge in [-0.3, -0.25) is 9.59 Å². The Morgan fingerprint density at radius 3 is 2.57 bits per heavy atom. The summed E-state index contributed by atoms with van der Waals surface area (Å²) in [6, 6.07) is 11.0. The van der Waals surface area contributed by atoms with Crippen molar-refractivity contribution in [1.29, 1.82) is 0 Å². The lowest BCUT2D eigenvalue weighted by atomic mass is 10.1. The number of methoxy groups -OCH3 is 2. The molecule has 3 rings (SSSR count). The van der Waals surface area contributed by atoms with E-state index in [4.69, 9.17) is 9.47 Å². The lowest BCUT2D eigenvalue weighted by Crippen LogP contribution is -3.08. The quantitative estimate of drug-likeness (QED) is 0.517. The van der Waals surface area contributed by atoms with Gasteiger partial charge in [-0.1, -0.05) is 25.1 Å². The van der Waals surface area contributed by atoms with E-state index in [-0.39, 0.29) is 18.0 Å². The number of amides is 1. The molecule has 0 saturated carbocycles. The number of hydrogen-bond donors (Lipinski definition) is 3. The molecule has 1 heterocycles. The number of aromatic nitrogens is 2. The van der Waals surface area contributed by atoms with Crippen molar-refractivity contribution in [3.05, 3.63) is 58.1 Å². The van der Waals surface area contributed by atoms with Crippen LogP contribution in [-0.2, 0) is 17.8 Å². The van der Waals surface area contributed by atoms with Gasteiger partial charge in [0.25, 0.3) is 11.5 Å². The van der Waals surface area contributed by atoms with Crippen molar-refractivity contribution >= 4 is 22.5 Å². The van der Waals surface area contributed by atoms with E-state index in [2.05, 4.69) is 22.2 Å². The maximum Gasteiger partial charge on any atom is 0.279 e. The van der Waals surface area contributed by atoms with Gasteiger partial charge < -0.3 is 24.7 Å². The largest absolute Gasteiger partial charge is 0.493 e. The molecule has 0 aliphatic rings. The van der Waals surface area contributed by atoms with E-state index < -0.39 is 0 Å². The van der Waals surface area contributed by atoms with Crippen molar-refractivity contribution in [3.8, 4) is 11.5 Å². The number of hydrogen-bond acceptors (Lipinski definition) is 5. The summed E-state index contributed by atoms with van der Waals surface area (Å²) >= 11 is 0. The van der Waals surface area contributed by atoms with E-state index in [0.717, 1.165) is 22.6 Å². The molecule has 1 amide bonds. The Balaban J connectivity index is 1.73. The Hall–Kier alpha value is -3.39. The van der Waals surface area contributed by atoms with Crippen molar-refractivity contribution in [2.75, 3.05) is 33.1 Å². The number of fused-ring (bicyclic) bond motifs is 1. The Morgan fingerprint density at radius 1 is 1.17 bits per heavy atom. The number of carbonyl (C=O) groups excluding carboxylic acids is 1. The molecule has 0 saturated heterocycles. The summed E-state index contributed by atoms with van der Waals surface area (Å²) in [5, 5.41) is 3.38. The summed E-state index contributed by atoms with van der Waals surface area (Å²) in [5.41, 5.74) is 2.18. The van der Waals surface area contributed by atoms with Crippen LogP contribution < -0.4 is 25.2 Å². The molecular weight excluding hydrogens is 384 g/mol. The summed E-state index contributed by atoms with van der Waals surface area (Å²) in [7, 11) is 4.93. The molecule has 0 fully saturated rings. The van der Waals surface area contributed by atoms with Gasteiger partial charge in [0, 0.05) is 11.8 Å². The van der Waals surface area contributed by atoms with E-state index in [1.165, 1.54) is 14.2 Å². The van der Waals surface area contributed by atoms with Gasteiger partial charge in [0.15, 0.2) is 23.9 Å². The monoisotopic (exact) mass is 411 g/mol. The molecule has 3 N–H and O–H groups in total. The summed E-state index contributed by atoms with van der Waals surface area (Å²) in [6.45, 7) is 2.68. The van der Waals surface area contributed by atoms with E-state index in [1.54, 1.807) is 12.1 Å². The van der Waals surface area contributed by atoms with E-state index >= 15 is 0 Å². The minimum Gasteiger partial charge on any atom is -0.493 e. The highest BCUT2D eigenvalue weighted by Crippen LogP contribution is 2.29. The first-order chi connectivity index (χ1) is 14.4. The van der Waals surface area contributed by atoms with Crippen LogP contribution in [0.25, 0.3) is 10.9 Å². The van der Waals surface area contributed by atoms with Gasteiger partial charge in [-0.15, -0.1) is 0 Å². The number of nitrogens with one attached hydrogen (secondary N) is 3. The summed E-state index contributed by atoms with van der Waals surface area (Å²) in [4.78, 5) is 33.2. The standard InChI is InChI=1S/C22H26N4O4/c1-5-14-8-6-7-9-16(14)24-21(27)13-26(2)12-20-23-17-11-19(30-4)18(29-3)10-15(17)22(28)25-20/h6-11H,5,12-13H2,1-4H3,(H,24,27)(H,23,25,28)/p+1. The number of ether oxygens (including phenoxy) is 2. The highest BCUT2D eigenvalue weighted by atomic mass is 16.5. The predicted molar refractivity (Wildman–Crippen MR) is 115 cm³/mol. The van der Waals surface area contributed by atoms with E-state index in [9.17, 15) is 9.59 Å². The van der Waals surface area contributed by atoms with Crippen LogP contribution >= 0.6 is 0 Å². The molecule has 0 bridgehead atoms. The topological polar surface area (TPSA) is 97.8 Å². The van der Waals surface area contributed by atoms with Crippen LogP contribution in [-0.4, -0.2) is 43.7 Å². The molecule has 1 atom stereocenters. The van der Waals surface area contributed by atoms with Crippen LogP contribution in [0, 0.1) is 0 Å². The zero-order valence-electron chi connectivity index (χ0n) is 17.7. The maximum absolute atomic E-state index is 12.5. The Morgan fingerprint density at radius 2 is 1.87 bits per heavy atom. The highest BCUT2D eigenvalue weighted by Gasteiger charge is 2.16. The second-order valence-corrected chi connectivity index (χ2v) is 7.11. The molecule has 0 aliphatic heterocycles. The fourth-order valence-corrected chi connectivity index (χ4v) is 3.37. The minimum atomic E-state index is -0.259. The summed E-state index contributed by atoms with van der Waals surface area (Å²) < 4.78 is 10.5. The van der Waals surface area contributed by atoms with E-state index in [1.807, 2.05) is 31.3 Å². The van der Waals surface area contributed by atoms with Gasteiger partial charge in [-0.2, -0.15) is 0 Å². The first kappa shape index (κ1) is 21.3. The summed E-state index contributed by atoms with van der Waals surface area (Å²) in [5.74, 6) is 1.38. The number of rotatable bonds is 8. The summed E-state index contributed by atoms with van der Waals surface area (Å²) in [6.07, 6.45) is 0.843. The zero-order chi connectivity index (χ0) is 21.7. The molecule has 158 valence electrons. The van der Waals surface area contributed by atoms with Crippen LogP contribution in [0.3, 0.4) is 0 Å². The normalized spacial score (nSPS) is 11.9. The molecule has 8 heteroatoms. The number of carbonyl (C=O) groups is 1. The number of aromatic amines is 1. The van der Waals surface area contributed by atoms with Crippen LogP contribution in [0.15, 0.2) is 41.2 Å². The van der Waals surface area contributed by atoms with Gasteiger partial charge in [0.05, 0.1) is 32.2 Å². The van der Waals surface area contributed by atoms with Crippen LogP contribution in [0.1, 0.15) is 18.3 Å². The molecular formula is C22H27N4O4+. The Bertz CT molecular complexity index is 1110. The fourth-order valence-electron chi connectivity index (χ4n) is 3.37. The SMILES string of the molecule is CCc1ccccc1NC(=O)C[NH+](C)Cc1nc2cc(OC)c(OC)cc2c(=O)[nH]1. The first-order valence-corrected chi connectivity index (χ1v) is 9.79. The molecule has 30 heavy (non-hydrogen) atoms. The third-order valence-electron chi connectivity index (χ3n) is 4.86. The number of H-pyrrole nitrogens is 1. The molecule has 3 aromatic rings. The van der Waals surface area contributed by atoms with Gasteiger partial charge in [0.2, 0.25) is 0 Å². The van der Waals surface area contributed by atoms with Crippen LogP contribution in [0.5, 0.6) is 11.5 Å². The van der Waals surface area contributed by atoms with Crippen molar-refractivity contribution in [3.63, 3.8) is 0 Å². The fraction of sp³-hybridized carbons (Fsp3) is 0.318. The lowest BCUT2D eigenvalue weighted by Gasteiger charge is -2.15. The van der Waals surface area contributed by atoms with E-state index in [0.29, 0.717) is 34.8 Å². The second kappa shape index (κ2) is 9.41.